The Hall–Kier alpha value is -2.34. The van der Waals surface area contributed by atoms with E-state index in [-0.39, 0.29) is 6.42 Å². The van der Waals surface area contributed by atoms with Gasteiger partial charge in [0.2, 0.25) is 0 Å². The average Bonchev–Trinajstić information content (AvgIpc) is 2.57. The van der Waals surface area contributed by atoms with E-state index in [1.54, 1.807) is 34.0 Å². The van der Waals surface area contributed by atoms with Crippen molar-refractivity contribution in [2.45, 2.75) is 45.6 Å². The second kappa shape index (κ2) is 9.84. The number of rotatable bonds is 8. The first-order valence-corrected chi connectivity index (χ1v) is 8.04. The lowest BCUT2D eigenvalue weighted by molar-refractivity contribution is -0.320. The van der Waals surface area contributed by atoms with Crippen LogP contribution >= 0.6 is 0 Å². The summed E-state index contributed by atoms with van der Waals surface area (Å²) in [7, 11) is 2.92. The minimum absolute atomic E-state index is 0.191. The SMILES string of the molecule is COC(=O)/C=C/Cc1cc(OC)ccc1CCC(=O)OOC(C)(C)C. The third-order valence-electron chi connectivity index (χ3n) is 3.19. The van der Waals surface area contributed by atoms with E-state index in [2.05, 4.69) is 4.74 Å². The van der Waals surface area contributed by atoms with Gasteiger partial charge in [-0.3, -0.25) is 4.89 Å². The molecule has 0 fully saturated rings. The van der Waals surface area contributed by atoms with Crippen molar-refractivity contribution in [3.8, 4) is 5.75 Å². The zero-order valence-corrected chi connectivity index (χ0v) is 15.5. The number of hydrogen-bond donors (Lipinski definition) is 0. The molecule has 0 unspecified atom stereocenters. The van der Waals surface area contributed by atoms with Gasteiger partial charge in [-0.2, -0.15) is 4.89 Å². The van der Waals surface area contributed by atoms with Gasteiger partial charge in [-0.1, -0.05) is 12.1 Å². The van der Waals surface area contributed by atoms with Crippen LogP contribution in [0.5, 0.6) is 5.75 Å². The number of allylic oxidation sites excluding steroid dienone is 1. The molecule has 0 N–H and O–H groups in total. The first-order chi connectivity index (χ1) is 11.7. The average molecular weight is 350 g/mol. The maximum absolute atomic E-state index is 11.8. The van der Waals surface area contributed by atoms with Gasteiger partial charge in [-0.15, -0.1) is 0 Å². The predicted molar refractivity (Wildman–Crippen MR) is 93.1 cm³/mol. The zero-order chi connectivity index (χ0) is 18.9. The van der Waals surface area contributed by atoms with Crippen molar-refractivity contribution in [3.05, 3.63) is 41.5 Å². The normalized spacial score (nSPS) is 11.4. The van der Waals surface area contributed by atoms with Crippen LogP contribution in [-0.4, -0.2) is 31.8 Å². The highest BCUT2D eigenvalue weighted by Gasteiger charge is 2.15. The molecule has 0 aromatic heterocycles. The smallest absolute Gasteiger partial charge is 0.342 e. The summed E-state index contributed by atoms with van der Waals surface area (Å²) < 4.78 is 9.80. The largest absolute Gasteiger partial charge is 0.497 e. The van der Waals surface area contributed by atoms with Crippen molar-refractivity contribution >= 4 is 11.9 Å². The highest BCUT2D eigenvalue weighted by atomic mass is 17.2. The van der Waals surface area contributed by atoms with E-state index in [4.69, 9.17) is 14.5 Å². The topological polar surface area (TPSA) is 71.1 Å². The highest BCUT2D eigenvalue weighted by molar-refractivity contribution is 5.81. The van der Waals surface area contributed by atoms with Crippen molar-refractivity contribution in [2.24, 2.45) is 0 Å². The van der Waals surface area contributed by atoms with E-state index in [1.165, 1.54) is 13.2 Å². The van der Waals surface area contributed by atoms with E-state index < -0.39 is 17.5 Å². The number of ether oxygens (including phenoxy) is 2. The fraction of sp³-hybridized carbons (Fsp3) is 0.474. The van der Waals surface area contributed by atoms with E-state index in [9.17, 15) is 9.59 Å². The number of methoxy groups -OCH3 is 2. The molecule has 1 aromatic rings. The second-order valence-corrected chi connectivity index (χ2v) is 6.42. The molecule has 0 saturated carbocycles. The molecule has 6 nitrogen and oxygen atoms in total. The van der Waals surface area contributed by atoms with E-state index in [0.717, 1.165) is 11.1 Å². The lowest BCUT2D eigenvalue weighted by Crippen LogP contribution is -2.22. The summed E-state index contributed by atoms with van der Waals surface area (Å²) in [5.41, 5.74) is 1.40. The van der Waals surface area contributed by atoms with Gasteiger partial charge in [-0.05, 0) is 56.9 Å². The van der Waals surface area contributed by atoms with Gasteiger partial charge in [0, 0.05) is 6.08 Å². The summed E-state index contributed by atoms with van der Waals surface area (Å²) in [4.78, 5) is 32.8. The van der Waals surface area contributed by atoms with Crippen LogP contribution in [0.15, 0.2) is 30.4 Å². The molecule has 0 radical (unpaired) electrons. The molecule has 1 rings (SSSR count). The first-order valence-electron chi connectivity index (χ1n) is 8.04. The molecular weight excluding hydrogens is 324 g/mol. The molecule has 25 heavy (non-hydrogen) atoms. The molecule has 6 heteroatoms. The van der Waals surface area contributed by atoms with Gasteiger partial charge in [0.05, 0.1) is 20.6 Å². The van der Waals surface area contributed by atoms with Crippen molar-refractivity contribution in [1.29, 1.82) is 0 Å². The molecule has 0 aliphatic heterocycles. The monoisotopic (exact) mass is 350 g/mol. The molecule has 0 aliphatic carbocycles. The summed E-state index contributed by atoms with van der Waals surface area (Å²) in [6.45, 7) is 5.40. The summed E-state index contributed by atoms with van der Waals surface area (Å²) in [6.07, 6.45) is 4.29. The third-order valence-corrected chi connectivity index (χ3v) is 3.19. The number of hydrogen-bond acceptors (Lipinski definition) is 6. The Bertz CT molecular complexity index is 613. The van der Waals surface area contributed by atoms with Crippen LogP contribution < -0.4 is 4.74 Å². The Balaban J connectivity index is 2.72. The van der Waals surface area contributed by atoms with Crippen LogP contribution in [0.3, 0.4) is 0 Å². The summed E-state index contributed by atoms with van der Waals surface area (Å²) in [5, 5.41) is 0. The summed E-state index contributed by atoms with van der Waals surface area (Å²) >= 11 is 0. The molecule has 0 amide bonds. The predicted octanol–water partition coefficient (Wildman–Crippen LogP) is 3.17. The number of carbonyl (C=O) groups excluding carboxylic acids is 2. The van der Waals surface area contributed by atoms with Gasteiger partial charge >= 0.3 is 11.9 Å². The van der Waals surface area contributed by atoms with Crippen molar-refractivity contribution < 1.29 is 28.8 Å². The van der Waals surface area contributed by atoms with E-state index in [0.29, 0.717) is 18.6 Å². The standard InChI is InChI=1S/C19H26O6/c1-19(2,3)25-24-18(21)12-10-14-9-11-16(22-4)13-15(14)7-6-8-17(20)23-5/h6,8-9,11,13H,7,10,12H2,1-5H3/b8-6+. The second-order valence-electron chi connectivity index (χ2n) is 6.42. The number of esters is 1. The Kier molecular flexibility index (Phi) is 8.15. The molecular formula is C19H26O6. The van der Waals surface area contributed by atoms with Crippen LogP contribution in [-0.2, 0) is 36.9 Å². The lowest BCUT2D eigenvalue weighted by Gasteiger charge is -2.16. The molecule has 0 spiro atoms. The van der Waals surface area contributed by atoms with Gasteiger partial charge in [0.1, 0.15) is 11.4 Å². The number of benzene rings is 1. The molecule has 0 heterocycles. The molecule has 138 valence electrons. The molecule has 0 bridgehead atoms. The summed E-state index contributed by atoms with van der Waals surface area (Å²) in [5.74, 6) is -0.127. The number of carbonyl (C=O) groups is 2. The van der Waals surface area contributed by atoms with Gasteiger partial charge < -0.3 is 9.47 Å². The van der Waals surface area contributed by atoms with E-state index >= 15 is 0 Å². The van der Waals surface area contributed by atoms with Crippen LogP contribution in [0.1, 0.15) is 38.3 Å². The molecule has 1 aromatic carbocycles. The van der Waals surface area contributed by atoms with Crippen molar-refractivity contribution in [1.82, 2.24) is 0 Å². The van der Waals surface area contributed by atoms with Gasteiger partial charge in [-0.25, -0.2) is 9.59 Å². The third kappa shape index (κ3) is 8.35. The molecule has 0 aliphatic rings. The zero-order valence-electron chi connectivity index (χ0n) is 15.5. The Morgan fingerprint density at radius 1 is 1.12 bits per heavy atom. The minimum Gasteiger partial charge on any atom is -0.497 e. The Labute approximate surface area is 148 Å². The molecule has 0 atom stereocenters. The lowest BCUT2D eigenvalue weighted by atomic mass is 10.00. The fourth-order valence-corrected chi connectivity index (χ4v) is 1.96. The quantitative estimate of drug-likeness (QED) is 0.310. The van der Waals surface area contributed by atoms with Crippen LogP contribution in [0.2, 0.25) is 0 Å². The van der Waals surface area contributed by atoms with Gasteiger partial charge in [0.15, 0.2) is 0 Å². The van der Waals surface area contributed by atoms with Crippen LogP contribution in [0.25, 0.3) is 0 Å². The van der Waals surface area contributed by atoms with Crippen LogP contribution in [0.4, 0.5) is 0 Å². The van der Waals surface area contributed by atoms with Crippen molar-refractivity contribution in [2.75, 3.05) is 14.2 Å². The van der Waals surface area contributed by atoms with E-state index in [1.807, 2.05) is 18.2 Å². The maximum Gasteiger partial charge on any atom is 0.342 e. The Morgan fingerprint density at radius 2 is 1.84 bits per heavy atom. The maximum atomic E-state index is 11.8. The minimum atomic E-state index is -0.542. The number of aryl methyl sites for hydroxylation is 1. The van der Waals surface area contributed by atoms with Crippen LogP contribution in [0, 0.1) is 0 Å². The fourth-order valence-electron chi connectivity index (χ4n) is 1.96. The summed E-state index contributed by atoms with van der Waals surface area (Å²) in [6, 6.07) is 5.62. The van der Waals surface area contributed by atoms with Gasteiger partial charge in [0.25, 0.3) is 0 Å². The highest BCUT2D eigenvalue weighted by Crippen LogP contribution is 2.20. The first kappa shape index (κ1) is 20.7. The van der Waals surface area contributed by atoms with Crippen molar-refractivity contribution in [3.63, 3.8) is 0 Å². The molecule has 0 saturated heterocycles. The Morgan fingerprint density at radius 3 is 2.44 bits per heavy atom.